The van der Waals surface area contributed by atoms with E-state index in [4.69, 9.17) is 10.5 Å². The van der Waals surface area contributed by atoms with Gasteiger partial charge in [0.15, 0.2) is 0 Å². The lowest BCUT2D eigenvalue weighted by Gasteiger charge is -2.16. The maximum Gasteiger partial charge on any atom is 0.148 e. The molecule has 1 aromatic rings. The van der Waals surface area contributed by atoms with E-state index in [1.54, 1.807) is 0 Å². The Bertz CT molecular complexity index is 349. The fraction of sp³-hybridized carbons (Fsp3) is 0.750. The predicted molar refractivity (Wildman–Crippen MR) is 71.2 cm³/mol. The molecule has 0 fully saturated rings. The molecule has 0 aromatic carbocycles. The summed E-state index contributed by atoms with van der Waals surface area (Å²) < 4.78 is 7.32. The van der Waals surface area contributed by atoms with Crippen molar-refractivity contribution >= 4 is 11.5 Å². The van der Waals surface area contributed by atoms with Gasteiger partial charge in [-0.2, -0.15) is 5.10 Å². The van der Waals surface area contributed by atoms with Gasteiger partial charge >= 0.3 is 0 Å². The van der Waals surface area contributed by atoms with Crippen LogP contribution in [0.3, 0.4) is 0 Å². The second-order valence-electron chi connectivity index (χ2n) is 4.28. The Morgan fingerprint density at radius 3 is 2.76 bits per heavy atom. The highest BCUT2D eigenvalue weighted by molar-refractivity contribution is 5.65. The van der Waals surface area contributed by atoms with Crippen molar-refractivity contribution < 1.29 is 4.74 Å². The van der Waals surface area contributed by atoms with E-state index in [0.717, 1.165) is 36.8 Å². The first-order valence-corrected chi connectivity index (χ1v) is 6.27. The number of anilines is 2. The summed E-state index contributed by atoms with van der Waals surface area (Å²) in [6.45, 7) is 10.4. The molecule has 1 aromatic heterocycles. The van der Waals surface area contributed by atoms with E-state index < -0.39 is 0 Å². The van der Waals surface area contributed by atoms with Gasteiger partial charge in [0, 0.05) is 19.2 Å². The predicted octanol–water partition coefficient (Wildman–Crippen LogP) is 2.02. The summed E-state index contributed by atoms with van der Waals surface area (Å²) in [5.41, 5.74) is 7.64. The minimum atomic E-state index is 0.226. The van der Waals surface area contributed by atoms with Crippen LogP contribution in [0.5, 0.6) is 0 Å². The molecule has 1 unspecified atom stereocenters. The Morgan fingerprint density at radius 1 is 1.47 bits per heavy atom. The largest absolute Gasteiger partial charge is 0.394 e. The minimum absolute atomic E-state index is 0.226. The summed E-state index contributed by atoms with van der Waals surface area (Å²) in [4.78, 5) is 0. The molecule has 1 heterocycles. The van der Waals surface area contributed by atoms with Crippen LogP contribution >= 0.6 is 0 Å². The van der Waals surface area contributed by atoms with E-state index in [2.05, 4.69) is 24.3 Å². The fourth-order valence-electron chi connectivity index (χ4n) is 1.69. The van der Waals surface area contributed by atoms with Crippen LogP contribution in [0.25, 0.3) is 0 Å². The molecule has 0 aliphatic rings. The number of nitrogens with two attached hydrogens (primary N) is 1. The first-order valence-electron chi connectivity index (χ1n) is 6.27. The summed E-state index contributed by atoms with van der Waals surface area (Å²) in [5, 5.41) is 7.79. The van der Waals surface area contributed by atoms with Crippen LogP contribution in [0, 0.1) is 6.92 Å². The van der Waals surface area contributed by atoms with E-state index in [-0.39, 0.29) is 6.04 Å². The molecule has 0 radical (unpaired) electrons. The zero-order chi connectivity index (χ0) is 12.8. The first-order chi connectivity index (χ1) is 8.10. The maximum atomic E-state index is 6.02. The molecule has 0 amide bonds. The van der Waals surface area contributed by atoms with E-state index in [1.165, 1.54) is 0 Å². The normalized spacial score (nSPS) is 12.7. The molecule has 3 N–H and O–H groups in total. The molecule has 0 saturated heterocycles. The number of aryl methyl sites for hydroxylation is 2. The van der Waals surface area contributed by atoms with Crippen LogP contribution in [0.2, 0.25) is 0 Å². The molecule has 1 atom stereocenters. The second kappa shape index (κ2) is 6.49. The number of ether oxygens (including phenoxy) is 1. The topological polar surface area (TPSA) is 65.1 Å². The fourth-order valence-corrected chi connectivity index (χ4v) is 1.69. The van der Waals surface area contributed by atoms with Gasteiger partial charge in [-0.15, -0.1) is 0 Å². The van der Waals surface area contributed by atoms with Gasteiger partial charge in [-0.3, -0.25) is 0 Å². The summed E-state index contributed by atoms with van der Waals surface area (Å²) in [6, 6.07) is 0.226. The molecular weight excluding hydrogens is 216 g/mol. The number of nitrogens with zero attached hydrogens (tertiary/aromatic N) is 2. The highest BCUT2D eigenvalue weighted by Gasteiger charge is 2.13. The highest BCUT2D eigenvalue weighted by Crippen LogP contribution is 2.23. The molecule has 5 heteroatoms. The summed E-state index contributed by atoms with van der Waals surface area (Å²) >= 11 is 0. The highest BCUT2D eigenvalue weighted by atomic mass is 16.5. The van der Waals surface area contributed by atoms with E-state index >= 15 is 0 Å². The molecule has 0 aliphatic heterocycles. The number of nitrogens with one attached hydrogen (secondary N) is 1. The maximum absolute atomic E-state index is 6.02. The zero-order valence-corrected chi connectivity index (χ0v) is 11.3. The van der Waals surface area contributed by atoms with Crippen molar-refractivity contribution in [3.63, 3.8) is 0 Å². The second-order valence-corrected chi connectivity index (χ2v) is 4.28. The molecule has 1 rings (SSSR count). The van der Waals surface area contributed by atoms with Crippen molar-refractivity contribution in [2.45, 2.75) is 46.7 Å². The summed E-state index contributed by atoms with van der Waals surface area (Å²) in [7, 11) is 0. The van der Waals surface area contributed by atoms with Crippen molar-refractivity contribution in [1.82, 2.24) is 9.78 Å². The smallest absolute Gasteiger partial charge is 0.148 e. The van der Waals surface area contributed by atoms with E-state index in [0.29, 0.717) is 6.61 Å². The Kier molecular flexibility index (Phi) is 5.28. The Balaban J connectivity index is 2.74. The Hall–Kier alpha value is -1.23. The van der Waals surface area contributed by atoms with Crippen LogP contribution < -0.4 is 11.1 Å². The van der Waals surface area contributed by atoms with Gasteiger partial charge in [0.25, 0.3) is 0 Å². The molecule has 0 bridgehead atoms. The van der Waals surface area contributed by atoms with Crippen molar-refractivity contribution in [1.29, 1.82) is 0 Å². The zero-order valence-electron chi connectivity index (χ0n) is 11.3. The van der Waals surface area contributed by atoms with Crippen molar-refractivity contribution in [2.24, 2.45) is 0 Å². The Labute approximate surface area is 103 Å². The van der Waals surface area contributed by atoms with Crippen LogP contribution in [0.1, 0.15) is 32.9 Å². The lowest BCUT2D eigenvalue weighted by Crippen LogP contribution is -2.24. The van der Waals surface area contributed by atoms with Crippen molar-refractivity contribution in [3.8, 4) is 0 Å². The number of hydrogen-bond donors (Lipinski definition) is 2. The molecule has 98 valence electrons. The number of aromatic nitrogens is 2. The lowest BCUT2D eigenvalue weighted by molar-refractivity contribution is 0.141. The Morgan fingerprint density at radius 2 is 2.18 bits per heavy atom. The van der Waals surface area contributed by atoms with Gasteiger partial charge in [0.05, 0.1) is 18.0 Å². The first kappa shape index (κ1) is 13.8. The van der Waals surface area contributed by atoms with Gasteiger partial charge in [-0.25, -0.2) is 4.68 Å². The van der Waals surface area contributed by atoms with Crippen LogP contribution in [0.4, 0.5) is 11.5 Å². The monoisotopic (exact) mass is 240 g/mol. The standard InChI is InChI=1S/C12H24N4O/c1-5-7-16-12(11(13)10(4)15-16)14-9(3)8-17-6-2/h9,14H,5-8,13H2,1-4H3. The molecule has 17 heavy (non-hydrogen) atoms. The van der Waals surface area contributed by atoms with Gasteiger partial charge in [-0.1, -0.05) is 6.92 Å². The quantitative estimate of drug-likeness (QED) is 0.765. The minimum Gasteiger partial charge on any atom is -0.394 e. The average molecular weight is 240 g/mol. The molecule has 0 spiro atoms. The molecular formula is C12H24N4O. The molecule has 0 saturated carbocycles. The van der Waals surface area contributed by atoms with Gasteiger partial charge < -0.3 is 15.8 Å². The number of hydrogen-bond acceptors (Lipinski definition) is 4. The van der Waals surface area contributed by atoms with Gasteiger partial charge in [-0.05, 0) is 27.2 Å². The molecule has 5 nitrogen and oxygen atoms in total. The van der Waals surface area contributed by atoms with Crippen LogP contribution in [-0.4, -0.2) is 29.0 Å². The average Bonchev–Trinajstić information content (AvgIpc) is 2.55. The van der Waals surface area contributed by atoms with Crippen molar-refractivity contribution in [3.05, 3.63) is 5.69 Å². The lowest BCUT2D eigenvalue weighted by atomic mass is 10.3. The third kappa shape index (κ3) is 3.63. The van der Waals surface area contributed by atoms with Gasteiger partial charge in [0.2, 0.25) is 0 Å². The van der Waals surface area contributed by atoms with Gasteiger partial charge in [0.1, 0.15) is 5.82 Å². The third-order valence-corrected chi connectivity index (χ3v) is 2.56. The summed E-state index contributed by atoms with van der Waals surface area (Å²) in [6.07, 6.45) is 1.04. The molecule has 0 aliphatic carbocycles. The summed E-state index contributed by atoms with van der Waals surface area (Å²) in [5.74, 6) is 0.913. The SMILES string of the molecule is CCCn1nc(C)c(N)c1NC(C)COCC. The van der Waals surface area contributed by atoms with E-state index in [9.17, 15) is 0 Å². The van der Waals surface area contributed by atoms with Crippen LogP contribution in [-0.2, 0) is 11.3 Å². The van der Waals surface area contributed by atoms with Crippen molar-refractivity contribution in [2.75, 3.05) is 24.3 Å². The number of rotatable bonds is 7. The number of nitrogen functional groups attached to an aromatic ring is 1. The third-order valence-electron chi connectivity index (χ3n) is 2.56. The van der Waals surface area contributed by atoms with Crippen LogP contribution in [0.15, 0.2) is 0 Å². The van der Waals surface area contributed by atoms with E-state index in [1.807, 2.05) is 18.5 Å².